The van der Waals surface area contributed by atoms with Crippen LogP contribution in [0.15, 0.2) is 24.3 Å². The van der Waals surface area contributed by atoms with Gasteiger partial charge in [0.2, 0.25) is 17.7 Å². The van der Waals surface area contributed by atoms with Crippen molar-refractivity contribution in [2.75, 3.05) is 26.2 Å². The zero-order valence-corrected chi connectivity index (χ0v) is 15.5. The highest BCUT2D eigenvalue weighted by molar-refractivity contribution is 5.93. The lowest BCUT2D eigenvalue weighted by Gasteiger charge is -2.36. The van der Waals surface area contributed by atoms with Crippen LogP contribution in [0.25, 0.3) is 0 Å². The lowest BCUT2D eigenvalue weighted by molar-refractivity contribution is -0.136. The van der Waals surface area contributed by atoms with Gasteiger partial charge in [0.25, 0.3) is 0 Å². The summed E-state index contributed by atoms with van der Waals surface area (Å²) in [5, 5.41) is 2.85. The van der Waals surface area contributed by atoms with Gasteiger partial charge in [-0.1, -0.05) is 6.07 Å². The Labute approximate surface area is 159 Å². The molecule has 3 amide bonds. The maximum atomic E-state index is 12.6. The molecule has 5 N–H and O–H groups in total. The van der Waals surface area contributed by atoms with Crippen molar-refractivity contribution in [1.29, 1.82) is 0 Å². The van der Waals surface area contributed by atoms with Crippen molar-refractivity contribution in [2.45, 2.75) is 38.1 Å². The minimum atomic E-state index is -0.524. The van der Waals surface area contributed by atoms with Crippen LogP contribution < -0.4 is 21.5 Å². The van der Waals surface area contributed by atoms with Gasteiger partial charge in [-0.15, -0.1) is 0 Å². The van der Waals surface area contributed by atoms with Crippen LogP contribution in [0.2, 0.25) is 0 Å². The quantitative estimate of drug-likeness (QED) is 0.575. The van der Waals surface area contributed by atoms with Gasteiger partial charge in [0.05, 0.1) is 13.0 Å². The van der Waals surface area contributed by atoms with E-state index in [1.54, 1.807) is 24.3 Å². The summed E-state index contributed by atoms with van der Waals surface area (Å²) >= 11 is 0. The highest BCUT2D eigenvalue weighted by Gasteiger charge is 2.26. The molecule has 1 aliphatic rings. The van der Waals surface area contributed by atoms with E-state index in [0.29, 0.717) is 37.4 Å². The topological polar surface area (TPSA) is 128 Å². The summed E-state index contributed by atoms with van der Waals surface area (Å²) in [6.45, 7) is 1.66. The van der Waals surface area contributed by atoms with E-state index in [4.69, 9.17) is 16.2 Å². The van der Waals surface area contributed by atoms with Crippen molar-refractivity contribution in [3.05, 3.63) is 29.8 Å². The van der Waals surface area contributed by atoms with Gasteiger partial charge in [-0.3, -0.25) is 14.4 Å². The van der Waals surface area contributed by atoms with Crippen LogP contribution in [0.3, 0.4) is 0 Å². The van der Waals surface area contributed by atoms with Gasteiger partial charge in [0.15, 0.2) is 0 Å². The Morgan fingerprint density at radius 1 is 1.22 bits per heavy atom. The monoisotopic (exact) mass is 376 g/mol. The van der Waals surface area contributed by atoms with Gasteiger partial charge >= 0.3 is 0 Å². The zero-order chi connectivity index (χ0) is 19.6. The third-order valence-corrected chi connectivity index (χ3v) is 4.56. The maximum Gasteiger partial charge on any atom is 0.248 e. The summed E-state index contributed by atoms with van der Waals surface area (Å²) in [6.07, 6.45) is 3.39. The summed E-state index contributed by atoms with van der Waals surface area (Å²) in [5.41, 5.74) is 11.0. The van der Waals surface area contributed by atoms with Crippen molar-refractivity contribution < 1.29 is 19.1 Å². The average Bonchev–Trinajstić information content (AvgIpc) is 2.67. The molecule has 148 valence electrons. The highest BCUT2D eigenvalue weighted by atomic mass is 16.5. The van der Waals surface area contributed by atoms with Crippen LogP contribution in [0, 0.1) is 0 Å². The number of primary amides is 1. The van der Waals surface area contributed by atoms with E-state index in [1.165, 1.54) is 0 Å². The minimum absolute atomic E-state index is 0.00108. The van der Waals surface area contributed by atoms with E-state index in [-0.39, 0.29) is 30.9 Å². The molecule has 0 radical (unpaired) electrons. The van der Waals surface area contributed by atoms with Crippen molar-refractivity contribution in [1.82, 2.24) is 10.2 Å². The summed E-state index contributed by atoms with van der Waals surface area (Å²) in [7, 11) is 0. The molecule has 1 fully saturated rings. The first-order chi connectivity index (χ1) is 13.0. The molecule has 2 rings (SSSR count). The molecule has 27 heavy (non-hydrogen) atoms. The number of hydrogen-bond acceptors (Lipinski definition) is 5. The molecule has 1 aromatic rings. The van der Waals surface area contributed by atoms with Gasteiger partial charge in [-0.25, -0.2) is 0 Å². The Morgan fingerprint density at radius 2 is 2.04 bits per heavy atom. The second-order valence-electron chi connectivity index (χ2n) is 6.57. The van der Waals surface area contributed by atoms with Gasteiger partial charge in [0, 0.05) is 37.7 Å². The summed E-state index contributed by atoms with van der Waals surface area (Å²) in [5.74, 6) is -0.111. The largest absolute Gasteiger partial charge is 0.493 e. The standard InChI is InChI=1S/C19H28N4O4/c20-9-7-17(24)22-13-15-5-1-2-10-23(15)18(25)8-11-27-16-6-3-4-14(12-16)19(21)26/h3-4,6,12,15H,1-2,5,7-11,13,20H2,(H2,21,26)(H,22,24). The van der Waals surface area contributed by atoms with Crippen molar-refractivity contribution in [2.24, 2.45) is 11.5 Å². The number of benzene rings is 1. The zero-order valence-electron chi connectivity index (χ0n) is 15.5. The van der Waals surface area contributed by atoms with Crippen molar-refractivity contribution in [3.8, 4) is 5.75 Å². The molecule has 1 atom stereocenters. The van der Waals surface area contributed by atoms with Crippen LogP contribution in [0.4, 0.5) is 0 Å². The lowest BCUT2D eigenvalue weighted by atomic mass is 10.0. The Kier molecular flexibility index (Phi) is 8.06. The van der Waals surface area contributed by atoms with Crippen molar-refractivity contribution >= 4 is 17.7 Å². The third-order valence-electron chi connectivity index (χ3n) is 4.56. The van der Waals surface area contributed by atoms with E-state index in [0.717, 1.165) is 19.3 Å². The number of ether oxygens (including phenoxy) is 1. The van der Waals surface area contributed by atoms with Crippen molar-refractivity contribution in [3.63, 3.8) is 0 Å². The Hall–Kier alpha value is -2.61. The lowest BCUT2D eigenvalue weighted by Crippen LogP contribution is -2.49. The molecule has 8 heteroatoms. The van der Waals surface area contributed by atoms with E-state index in [1.807, 2.05) is 4.90 Å². The normalized spacial score (nSPS) is 16.6. The van der Waals surface area contributed by atoms with Crippen LogP contribution in [0.5, 0.6) is 5.75 Å². The number of hydrogen-bond donors (Lipinski definition) is 3. The van der Waals surface area contributed by atoms with Gasteiger partial charge in [-0.2, -0.15) is 0 Å². The molecule has 0 saturated carbocycles. The minimum Gasteiger partial charge on any atom is -0.493 e. The van der Waals surface area contributed by atoms with E-state index < -0.39 is 5.91 Å². The smallest absolute Gasteiger partial charge is 0.248 e. The van der Waals surface area contributed by atoms with Gasteiger partial charge < -0.3 is 26.4 Å². The fourth-order valence-electron chi connectivity index (χ4n) is 3.13. The number of amides is 3. The van der Waals surface area contributed by atoms with Gasteiger partial charge in [-0.05, 0) is 37.5 Å². The number of nitrogens with two attached hydrogens (primary N) is 2. The first-order valence-electron chi connectivity index (χ1n) is 9.30. The summed E-state index contributed by atoms with van der Waals surface area (Å²) in [4.78, 5) is 37.2. The first kappa shape index (κ1) is 20.7. The SMILES string of the molecule is NCCC(=O)NCC1CCCCN1C(=O)CCOc1cccc(C(N)=O)c1. The molecule has 1 saturated heterocycles. The predicted molar refractivity (Wildman–Crippen MR) is 101 cm³/mol. The molecular weight excluding hydrogens is 348 g/mol. The molecule has 1 aromatic carbocycles. The van der Waals surface area contributed by atoms with E-state index in [2.05, 4.69) is 5.32 Å². The number of carbonyl (C=O) groups is 3. The fourth-order valence-corrected chi connectivity index (χ4v) is 3.13. The van der Waals surface area contributed by atoms with Crippen LogP contribution in [-0.4, -0.2) is 54.9 Å². The van der Waals surface area contributed by atoms with Crippen LogP contribution in [-0.2, 0) is 9.59 Å². The molecule has 1 unspecified atom stereocenters. The second-order valence-corrected chi connectivity index (χ2v) is 6.57. The molecule has 0 spiro atoms. The highest BCUT2D eigenvalue weighted by Crippen LogP contribution is 2.18. The number of nitrogens with zero attached hydrogens (tertiary/aromatic N) is 1. The predicted octanol–water partition coefficient (Wildman–Crippen LogP) is 0.401. The number of carbonyl (C=O) groups excluding carboxylic acids is 3. The Bertz CT molecular complexity index is 665. The average molecular weight is 376 g/mol. The van der Waals surface area contributed by atoms with Crippen LogP contribution >= 0.6 is 0 Å². The third kappa shape index (κ3) is 6.56. The number of rotatable bonds is 9. The van der Waals surface area contributed by atoms with E-state index in [9.17, 15) is 14.4 Å². The number of nitrogens with one attached hydrogen (secondary N) is 1. The molecule has 8 nitrogen and oxygen atoms in total. The van der Waals surface area contributed by atoms with Gasteiger partial charge in [0.1, 0.15) is 5.75 Å². The molecule has 0 aliphatic carbocycles. The Balaban J connectivity index is 1.82. The Morgan fingerprint density at radius 3 is 2.78 bits per heavy atom. The number of likely N-dealkylation sites (tertiary alicyclic amines) is 1. The second kappa shape index (κ2) is 10.5. The fraction of sp³-hybridized carbons (Fsp3) is 0.526. The summed E-state index contributed by atoms with van der Waals surface area (Å²) < 4.78 is 5.58. The molecular formula is C19H28N4O4. The van der Waals surface area contributed by atoms with E-state index >= 15 is 0 Å². The number of piperidine rings is 1. The van der Waals surface area contributed by atoms with Crippen LogP contribution in [0.1, 0.15) is 42.5 Å². The molecule has 0 aromatic heterocycles. The molecule has 1 aliphatic heterocycles. The molecule has 0 bridgehead atoms. The molecule has 1 heterocycles. The first-order valence-corrected chi connectivity index (χ1v) is 9.30. The maximum absolute atomic E-state index is 12.6. The summed E-state index contributed by atoms with van der Waals surface area (Å²) in [6, 6.07) is 6.57.